The number of aliphatic hydroxyl groups is 1. The molecule has 1 saturated carbocycles. The molecule has 5 rings (SSSR count). The molecule has 182 valence electrons. The zero-order chi connectivity index (χ0) is 24.6. The Hall–Kier alpha value is -3.91. The number of anilines is 1. The van der Waals surface area contributed by atoms with E-state index in [0.29, 0.717) is 22.7 Å². The third-order valence-electron chi connectivity index (χ3n) is 6.52. The number of hydrogen-bond donors (Lipinski definition) is 3. The van der Waals surface area contributed by atoms with E-state index in [1.165, 1.54) is 12.1 Å². The van der Waals surface area contributed by atoms with Crippen molar-refractivity contribution < 1.29 is 30.0 Å². The Morgan fingerprint density at radius 1 is 1.06 bits per heavy atom. The van der Waals surface area contributed by atoms with Crippen LogP contribution in [0.3, 0.4) is 0 Å². The summed E-state index contributed by atoms with van der Waals surface area (Å²) in [5.74, 6) is -0.0221. The fourth-order valence-corrected chi connectivity index (χ4v) is 4.36. The first-order valence-corrected chi connectivity index (χ1v) is 11.4. The lowest BCUT2D eigenvalue weighted by Crippen LogP contribution is -2.27. The lowest BCUT2D eigenvalue weighted by atomic mass is 9.94. The van der Waals surface area contributed by atoms with E-state index >= 15 is 0 Å². The molecule has 3 N–H and O–H groups in total. The molecule has 8 heteroatoms. The van der Waals surface area contributed by atoms with Crippen molar-refractivity contribution in [2.45, 2.75) is 25.2 Å². The monoisotopic (exact) mass is 478 g/mol. The Balaban J connectivity index is 0.00000304. The molecule has 35 heavy (non-hydrogen) atoms. The van der Waals surface area contributed by atoms with E-state index in [9.17, 15) is 14.0 Å². The molecule has 2 aliphatic rings. The van der Waals surface area contributed by atoms with Gasteiger partial charge in [-0.05, 0) is 78.4 Å². The van der Waals surface area contributed by atoms with Gasteiger partial charge in [-0.3, -0.25) is 9.59 Å². The highest BCUT2D eigenvalue weighted by Crippen LogP contribution is 2.51. The van der Waals surface area contributed by atoms with Gasteiger partial charge in [-0.1, -0.05) is 18.2 Å². The molecule has 1 fully saturated rings. The van der Waals surface area contributed by atoms with Crippen LogP contribution < -0.4 is 20.1 Å². The second kappa shape index (κ2) is 9.03. The molecule has 0 saturated heterocycles. The second-order valence-corrected chi connectivity index (χ2v) is 8.81. The van der Waals surface area contributed by atoms with Gasteiger partial charge in [-0.25, -0.2) is 4.39 Å². The molecule has 3 aromatic rings. The Morgan fingerprint density at radius 3 is 2.63 bits per heavy atom. The van der Waals surface area contributed by atoms with Crippen LogP contribution in [0.25, 0.3) is 11.1 Å². The Kier molecular flexibility index (Phi) is 5.90. The van der Waals surface area contributed by atoms with Gasteiger partial charge in [0.2, 0.25) is 12.7 Å². The van der Waals surface area contributed by atoms with E-state index in [0.717, 1.165) is 29.5 Å². The predicted molar refractivity (Wildman–Crippen MR) is 130 cm³/mol. The summed E-state index contributed by atoms with van der Waals surface area (Å²) in [6.07, 6.45) is 1.48. The van der Waals surface area contributed by atoms with E-state index in [4.69, 9.17) is 14.6 Å². The smallest absolute Gasteiger partial charge is 0.254 e. The quantitative estimate of drug-likeness (QED) is 0.474. The first-order valence-electron chi connectivity index (χ1n) is 11.4. The minimum Gasteiger partial charge on any atom is -0.454 e. The lowest BCUT2D eigenvalue weighted by Gasteiger charge is -2.17. The molecule has 1 heterocycles. The summed E-state index contributed by atoms with van der Waals surface area (Å²) >= 11 is 0. The Labute approximate surface area is 203 Å². The molecular weight excluding hydrogens is 451 g/mol. The summed E-state index contributed by atoms with van der Waals surface area (Å²) in [6, 6.07) is 15.5. The highest BCUT2D eigenvalue weighted by molar-refractivity contribution is 6.02. The van der Waals surface area contributed by atoms with Crippen LogP contribution in [-0.4, -0.2) is 36.9 Å². The summed E-state index contributed by atoms with van der Waals surface area (Å²) < 4.78 is 25.1. The highest BCUT2D eigenvalue weighted by Gasteiger charge is 2.51. The number of ether oxygens (including phenoxy) is 2. The van der Waals surface area contributed by atoms with Crippen molar-refractivity contribution in [3.63, 3.8) is 0 Å². The number of benzene rings is 3. The molecule has 1 aliphatic carbocycles. The van der Waals surface area contributed by atoms with E-state index in [-0.39, 0.29) is 32.8 Å². The number of fused-ring (bicyclic) bond motifs is 1. The van der Waals surface area contributed by atoms with Crippen molar-refractivity contribution in [3.05, 3.63) is 77.1 Å². The summed E-state index contributed by atoms with van der Waals surface area (Å²) in [4.78, 5) is 25.6. The highest BCUT2D eigenvalue weighted by atomic mass is 19.1. The van der Waals surface area contributed by atoms with Crippen molar-refractivity contribution in [1.82, 2.24) is 5.32 Å². The van der Waals surface area contributed by atoms with Gasteiger partial charge in [0.25, 0.3) is 5.91 Å². The standard InChI is InChI=1S/C27H25FN2O5.H2/c1-16-2-5-19(14-20(16)17-3-6-22(28)21(12-17)25(32)29-10-11-31)30-26(33)27(8-9-27)18-4-7-23-24(13-18)35-15-34-23;/h2-7,12-14,31H,8-11,15H2,1H3,(H,29,32)(H,30,33);1H. The van der Waals surface area contributed by atoms with Gasteiger partial charge in [0.1, 0.15) is 5.82 Å². The van der Waals surface area contributed by atoms with Crippen molar-refractivity contribution in [2.24, 2.45) is 0 Å². The fraction of sp³-hybridized carbons (Fsp3) is 0.259. The van der Waals surface area contributed by atoms with Gasteiger partial charge in [-0.2, -0.15) is 0 Å². The Morgan fingerprint density at radius 2 is 1.86 bits per heavy atom. The number of carbonyl (C=O) groups is 2. The minimum atomic E-state index is -0.647. The summed E-state index contributed by atoms with van der Waals surface area (Å²) in [5, 5.41) is 14.4. The maximum atomic E-state index is 14.3. The van der Waals surface area contributed by atoms with Crippen LogP contribution in [0, 0.1) is 12.7 Å². The average molecular weight is 479 g/mol. The number of amides is 2. The first-order chi connectivity index (χ1) is 16.9. The number of nitrogens with one attached hydrogen (secondary N) is 2. The molecule has 0 radical (unpaired) electrons. The average Bonchev–Trinajstić information content (AvgIpc) is 3.55. The number of hydrogen-bond acceptors (Lipinski definition) is 5. The van der Waals surface area contributed by atoms with Gasteiger partial charge in [0.05, 0.1) is 17.6 Å². The number of aliphatic hydroxyl groups excluding tert-OH is 1. The van der Waals surface area contributed by atoms with E-state index in [1.807, 2.05) is 43.3 Å². The molecule has 2 amide bonds. The van der Waals surface area contributed by atoms with Crippen molar-refractivity contribution in [1.29, 1.82) is 0 Å². The molecule has 3 aromatic carbocycles. The van der Waals surface area contributed by atoms with E-state index < -0.39 is 17.1 Å². The van der Waals surface area contributed by atoms with Crippen molar-refractivity contribution in [3.8, 4) is 22.6 Å². The number of halogens is 1. The van der Waals surface area contributed by atoms with Crippen LogP contribution in [0.15, 0.2) is 54.6 Å². The van der Waals surface area contributed by atoms with Gasteiger partial charge < -0.3 is 25.2 Å². The zero-order valence-electron chi connectivity index (χ0n) is 19.2. The third kappa shape index (κ3) is 4.33. The van der Waals surface area contributed by atoms with Crippen LogP contribution in [0.1, 0.15) is 35.8 Å². The molecule has 0 bridgehead atoms. The molecule has 1 aliphatic heterocycles. The predicted octanol–water partition coefficient (Wildman–Crippen LogP) is 4.17. The van der Waals surface area contributed by atoms with Crippen LogP contribution in [0.2, 0.25) is 0 Å². The molecule has 7 nitrogen and oxygen atoms in total. The topological polar surface area (TPSA) is 96.9 Å². The Bertz CT molecular complexity index is 1330. The van der Waals surface area contributed by atoms with Gasteiger partial charge in [-0.15, -0.1) is 0 Å². The largest absolute Gasteiger partial charge is 0.454 e. The normalized spacial score (nSPS) is 14.9. The van der Waals surface area contributed by atoms with Crippen LogP contribution in [0.5, 0.6) is 11.5 Å². The SMILES string of the molecule is Cc1ccc(NC(=O)C2(c3ccc4c(c3)OCO4)CC2)cc1-c1ccc(F)c(C(=O)NCCO)c1.[HH]. The number of rotatable bonds is 7. The lowest BCUT2D eigenvalue weighted by molar-refractivity contribution is -0.118. The molecule has 0 spiro atoms. The fourth-order valence-electron chi connectivity index (χ4n) is 4.36. The second-order valence-electron chi connectivity index (χ2n) is 8.81. The van der Waals surface area contributed by atoms with Gasteiger partial charge in [0, 0.05) is 13.7 Å². The van der Waals surface area contributed by atoms with Crippen molar-refractivity contribution in [2.75, 3.05) is 25.3 Å². The first kappa shape index (κ1) is 22.9. The zero-order valence-corrected chi connectivity index (χ0v) is 19.2. The summed E-state index contributed by atoms with van der Waals surface area (Å²) in [6.45, 7) is 1.89. The van der Waals surface area contributed by atoms with Crippen LogP contribution in [-0.2, 0) is 10.2 Å². The van der Waals surface area contributed by atoms with Crippen molar-refractivity contribution >= 4 is 17.5 Å². The summed E-state index contributed by atoms with van der Waals surface area (Å²) in [5.41, 5.74) is 3.11. The van der Waals surface area contributed by atoms with E-state index in [1.54, 1.807) is 6.07 Å². The maximum absolute atomic E-state index is 14.3. The molecule has 0 atom stereocenters. The third-order valence-corrected chi connectivity index (χ3v) is 6.52. The molecular formula is C27H27FN2O5. The number of carbonyl (C=O) groups excluding carboxylic acids is 2. The minimum absolute atomic E-state index is 0. The van der Waals surface area contributed by atoms with Gasteiger partial charge in [0.15, 0.2) is 11.5 Å². The van der Waals surface area contributed by atoms with Crippen LogP contribution >= 0.6 is 0 Å². The summed E-state index contributed by atoms with van der Waals surface area (Å²) in [7, 11) is 0. The number of aryl methyl sites for hydroxylation is 1. The molecule has 0 aromatic heterocycles. The maximum Gasteiger partial charge on any atom is 0.254 e. The molecule has 0 unspecified atom stereocenters. The van der Waals surface area contributed by atoms with Gasteiger partial charge >= 0.3 is 0 Å². The van der Waals surface area contributed by atoms with E-state index in [2.05, 4.69) is 10.6 Å². The van der Waals surface area contributed by atoms with Crippen LogP contribution in [0.4, 0.5) is 10.1 Å².